The summed E-state index contributed by atoms with van der Waals surface area (Å²) >= 11 is 0. The van der Waals surface area contributed by atoms with Gasteiger partial charge in [0.15, 0.2) is 0 Å². The second-order valence-electron chi connectivity index (χ2n) is 3.32. The predicted octanol–water partition coefficient (Wildman–Crippen LogP) is 2.92. The van der Waals surface area contributed by atoms with E-state index < -0.39 is 0 Å². The summed E-state index contributed by atoms with van der Waals surface area (Å²) in [6.45, 7) is 9.04. The molecule has 0 spiro atoms. The topological polar surface area (TPSA) is 21.6 Å². The van der Waals surface area contributed by atoms with Crippen molar-refractivity contribution in [2.24, 2.45) is 10.9 Å². The summed E-state index contributed by atoms with van der Waals surface area (Å²) < 4.78 is 5.63. The average Bonchev–Trinajstić information content (AvgIpc) is 2.48. The van der Waals surface area contributed by atoms with Crippen LogP contribution in [0.25, 0.3) is 0 Å². The van der Waals surface area contributed by atoms with Crippen LogP contribution in [0.3, 0.4) is 0 Å². The van der Waals surface area contributed by atoms with E-state index in [-0.39, 0.29) is 0 Å². The van der Waals surface area contributed by atoms with Crippen molar-refractivity contribution in [3.05, 3.63) is 23.7 Å². The number of nitrogens with zero attached hydrogens (tertiary/aromatic N) is 1. The Morgan fingerprint density at radius 3 is 2.69 bits per heavy atom. The highest BCUT2D eigenvalue weighted by Gasteiger charge is 2.19. The minimum Gasteiger partial charge on any atom is -0.459 e. The van der Waals surface area contributed by atoms with Gasteiger partial charge in [-0.3, -0.25) is 4.99 Å². The van der Waals surface area contributed by atoms with Crippen LogP contribution in [-0.4, -0.2) is 12.3 Å². The quantitative estimate of drug-likeness (QED) is 0.638. The highest BCUT2D eigenvalue weighted by Crippen LogP contribution is 2.24. The van der Waals surface area contributed by atoms with Gasteiger partial charge in [-0.25, -0.2) is 0 Å². The molecule has 1 rings (SSSR count). The summed E-state index contributed by atoms with van der Waals surface area (Å²) in [6.07, 6.45) is 3.99. The van der Waals surface area contributed by atoms with E-state index >= 15 is 0 Å². The van der Waals surface area contributed by atoms with Gasteiger partial charge >= 0.3 is 0 Å². The number of hydrogen-bond donors (Lipinski definition) is 0. The minimum atomic E-state index is 0.430. The zero-order valence-corrected chi connectivity index (χ0v) is 8.79. The largest absolute Gasteiger partial charge is 0.459 e. The molecule has 2 nitrogen and oxygen atoms in total. The molecule has 0 amide bonds. The van der Waals surface area contributed by atoms with Gasteiger partial charge in [0.1, 0.15) is 17.2 Å². The summed E-state index contributed by atoms with van der Waals surface area (Å²) in [5, 5.41) is 0. The third-order valence-corrected chi connectivity index (χ3v) is 1.92. The fourth-order valence-corrected chi connectivity index (χ4v) is 1.20. The van der Waals surface area contributed by atoms with E-state index in [1.165, 1.54) is 0 Å². The van der Waals surface area contributed by atoms with Gasteiger partial charge in [0.2, 0.25) is 0 Å². The maximum Gasteiger partial charge on any atom is 0.147 e. The van der Waals surface area contributed by atoms with Crippen LogP contribution in [0, 0.1) is 5.92 Å². The van der Waals surface area contributed by atoms with Crippen LogP contribution < -0.4 is 0 Å². The highest BCUT2D eigenvalue weighted by molar-refractivity contribution is 6.09. The molecule has 0 radical (unpaired) electrons. The van der Waals surface area contributed by atoms with Crippen LogP contribution in [0.4, 0.5) is 0 Å². The van der Waals surface area contributed by atoms with Crippen LogP contribution in [-0.2, 0) is 4.74 Å². The molecule has 0 unspecified atom stereocenters. The highest BCUT2D eigenvalue weighted by atomic mass is 16.5. The standard InChI is InChI=1S/C11H17NO/c1-5-10-9(12-6-2)7-11(13-10)8(3)4/h5,7-8H,6H2,1-4H3/b10-5+,12-9?. The molecule has 0 bridgehead atoms. The Hall–Kier alpha value is -1.05. The molecule has 1 aliphatic rings. The van der Waals surface area contributed by atoms with Crippen molar-refractivity contribution in [2.75, 3.05) is 6.54 Å². The molecule has 0 aromatic heterocycles. The Kier molecular flexibility index (Phi) is 3.29. The molecule has 0 saturated carbocycles. The molecule has 0 aromatic carbocycles. The maximum absolute atomic E-state index is 5.63. The molecule has 0 N–H and O–H groups in total. The second kappa shape index (κ2) is 4.26. The van der Waals surface area contributed by atoms with Crippen molar-refractivity contribution in [2.45, 2.75) is 27.7 Å². The summed E-state index contributed by atoms with van der Waals surface area (Å²) in [5.41, 5.74) is 0.980. The first-order valence-electron chi connectivity index (χ1n) is 4.79. The van der Waals surface area contributed by atoms with Crippen LogP contribution in [0.5, 0.6) is 0 Å². The first-order chi connectivity index (χ1) is 6.19. The Labute approximate surface area is 80.0 Å². The third-order valence-electron chi connectivity index (χ3n) is 1.92. The summed E-state index contributed by atoms with van der Waals surface area (Å²) in [6, 6.07) is 0. The molecule has 1 aliphatic heterocycles. The molecule has 72 valence electrons. The molecular weight excluding hydrogens is 162 g/mol. The van der Waals surface area contributed by atoms with Crippen molar-refractivity contribution in [3.63, 3.8) is 0 Å². The van der Waals surface area contributed by atoms with E-state index in [0.717, 1.165) is 23.8 Å². The zero-order chi connectivity index (χ0) is 9.84. The predicted molar refractivity (Wildman–Crippen MR) is 55.7 cm³/mol. The van der Waals surface area contributed by atoms with Crippen molar-refractivity contribution < 1.29 is 4.74 Å². The second-order valence-corrected chi connectivity index (χ2v) is 3.32. The Bertz CT molecular complexity index is 272. The molecule has 0 fully saturated rings. The van der Waals surface area contributed by atoms with Gasteiger partial charge in [-0.05, 0) is 19.9 Å². The monoisotopic (exact) mass is 179 g/mol. The van der Waals surface area contributed by atoms with Gasteiger partial charge in [-0.2, -0.15) is 0 Å². The summed E-state index contributed by atoms with van der Waals surface area (Å²) in [5.74, 6) is 2.34. The molecule has 2 heteroatoms. The van der Waals surface area contributed by atoms with E-state index in [9.17, 15) is 0 Å². The van der Waals surface area contributed by atoms with Gasteiger partial charge in [0.05, 0.1) is 0 Å². The number of hydrogen-bond acceptors (Lipinski definition) is 2. The fraction of sp³-hybridized carbons (Fsp3) is 0.545. The first-order valence-corrected chi connectivity index (χ1v) is 4.79. The zero-order valence-electron chi connectivity index (χ0n) is 8.79. The molecule has 0 aliphatic carbocycles. The lowest BCUT2D eigenvalue weighted by Gasteiger charge is -2.06. The normalized spacial score (nSPS) is 22.7. The number of allylic oxidation sites excluding steroid dienone is 3. The first kappa shape index (κ1) is 10.0. The van der Waals surface area contributed by atoms with Crippen LogP contribution in [0.1, 0.15) is 27.7 Å². The number of aliphatic imine (C=N–C) groups is 1. The van der Waals surface area contributed by atoms with E-state index in [0.29, 0.717) is 5.92 Å². The minimum absolute atomic E-state index is 0.430. The van der Waals surface area contributed by atoms with Gasteiger partial charge < -0.3 is 4.74 Å². The van der Waals surface area contributed by atoms with Gasteiger partial charge in [0.25, 0.3) is 0 Å². The lowest BCUT2D eigenvalue weighted by Crippen LogP contribution is -1.95. The smallest absolute Gasteiger partial charge is 0.147 e. The van der Waals surface area contributed by atoms with E-state index in [2.05, 4.69) is 18.8 Å². The maximum atomic E-state index is 5.63. The van der Waals surface area contributed by atoms with Crippen molar-refractivity contribution in [1.29, 1.82) is 0 Å². The van der Waals surface area contributed by atoms with Crippen molar-refractivity contribution in [1.82, 2.24) is 0 Å². The lowest BCUT2D eigenvalue weighted by molar-refractivity contribution is 0.297. The summed E-state index contributed by atoms with van der Waals surface area (Å²) in [4.78, 5) is 4.36. The van der Waals surface area contributed by atoms with Crippen LogP contribution in [0.15, 0.2) is 28.7 Å². The number of rotatable bonds is 2. The van der Waals surface area contributed by atoms with Crippen LogP contribution in [0.2, 0.25) is 0 Å². The molecule has 0 aromatic rings. The van der Waals surface area contributed by atoms with Crippen molar-refractivity contribution in [3.8, 4) is 0 Å². The van der Waals surface area contributed by atoms with Crippen molar-refractivity contribution >= 4 is 5.71 Å². The van der Waals surface area contributed by atoms with Gasteiger partial charge in [0, 0.05) is 18.5 Å². The third kappa shape index (κ3) is 2.20. The molecule has 1 heterocycles. The number of ether oxygens (including phenoxy) is 1. The molecule has 0 saturated heterocycles. The Morgan fingerprint density at radius 1 is 1.54 bits per heavy atom. The Balaban J connectivity index is 2.88. The van der Waals surface area contributed by atoms with Crippen LogP contribution >= 0.6 is 0 Å². The summed E-state index contributed by atoms with van der Waals surface area (Å²) in [7, 11) is 0. The molecular formula is C11H17NO. The molecule has 0 atom stereocenters. The van der Waals surface area contributed by atoms with E-state index in [4.69, 9.17) is 4.74 Å². The van der Waals surface area contributed by atoms with Gasteiger partial charge in [-0.1, -0.05) is 13.8 Å². The Morgan fingerprint density at radius 2 is 2.23 bits per heavy atom. The average molecular weight is 179 g/mol. The fourth-order valence-electron chi connectivity index (χ4n) is 1.20. The SMILES string of the molecule is C/C=C1/OC(C(C)C)=CC1=NCC. The van der Waals surface area contributed by atoms with Gasteiger partial charge in [-0.15, -0.1) is 0 Å². The van der Waals surface area contributed by atoms with E-state index in [1.807, 2.05) is 26.0 Å². The van der Waals surface area contributed by atoms with E-state index in [1.54, 1.807) is 0 Å². The molecule has 13 heavy (non-hydrogen) atoms. The lowest BCUT2D eigenvalue weighted by atomic mass is 10.1.